The fourth-order valence-corrected chi connectivity index (χ4v) is 2.43. The molecule has 1 unspecified atom stereocenters. The number of ketones is 1. The second-order valence-electron chi connectivity index (χ2n) is 5.71. The van der Waals surface area contributed by atoms with Crippen molar-refractivity contribution in [1.29, 1.82) is 0 Å². The first-order valence-corrected chi connectivity index (χ1v) is 8.63. The molecule has 0 amide bonds. The van der Waals surface area contributed by atoms with Crippen LogP contribution >= 0.6 is 15.9 Å². The molecule has 0 bridgehead atoms. The summed E-state index contributed by atoms with van der Waals surface area (Å²) in [7, 11) is 0. The Balaban J connectivity index is 2.70. The van der Waals surface area contributed by atoms with Crippen LogP contribution in [0.1, 0.15) is 37.6 Å². The Kier molecular flexibility index (Phi) is 7.96. The number of allylic oxidation sites excluding steroid dienone is 3. The summed E-state index contributed by atoms with van der Waals surface area (Å²) in [6, 6.07) is 9.30. The Morgan fingerprint density at radius 3 is 2.43 bits per heavy atom. The Morgan fingerprint density at radius 2 is 1.87 bits per heavy atom. The van der Waals surface area contributed by atoms with Crippen LogP contribution < -0.4 is 0 Å². The molecule has 1 atom stereocenters. The van der Waals surface area contributed by atoms with Gasteiger partial charge in [0, 0.05) is 17.8 Å². The van der Waals surface area contributed by atoms with Gasteiger partial charge in [0.2, 0.25) is 0 Å². The molecule has 0 radical (unpaired) electrons. The number of Topliss-reactive ketones (excluding diaryl/α,β-unsaturated/α-hetero) is 1. The van der Waals surface area contributed by atoms with Crippen LogP contribution in [0.5, 0.6) is 0 Å². The van der Waals surface area contributed by atoms with Gasteiger partial charge >= 0.3 is 5.97 Å². The van der Waals surface area contributed by atoms with Crippen molar-refractivity contribution >= 4 is 27.7 Å². The van der Waals surface area contributed by atoms with Gasteiger partial charge in [-0.1, -0.05) is 64.0 Å². The van der Waals surface area contributed by atoms with E-state index in [-0.39, 0.29) is 18.4 Å². The fourth-order valence-electron chi connectivity index (χ4n) is 1.99. The number of hydrogen-bond donors (Lipinski definition) is 0. The number of alkyl halides is 1. The molecule has 0 aliphatic carbocycles. The van der Waals surface area contributed by atoms with E-state index in [2.05, 4.69) is 15.9 Å². The first-order chi connectivity index (χ1) is 10.9. The zero-order chi connectivity index (χ0) is 17.3. The molecule has 1 aromatic carbocycles. The highest BCUT2D eigenvalue weighted by Crippen LogP contribution is 2.27. The summed E-state index contributed by atoms with van der Waals surface area (Å²) in [6.07, 6.45) is 6.52. The minimum absolute atomic E-state index is 0.0905. The van der Waals surface area contributed by atoms with E-state index in [4.69, 9.17) is 4.74 Å². The predicted molar refractivity (Wildman–Crippen MR) is 96.8 cm³/mol. The van der Waals surface area contributed by atoms with Gasteiger partial charge in [-0.15, -0.1) is 0 Å². The lowest BCUT2D eigenvalue weighted by Gasteiger charge is -2.22. The first kappa shape index (κ1) is 19.4. The highest BCUT2D eigenvalue weighted by Gasteiger charge is 2.29. The van der Waals surface area contributed by atoms with Crippen molar-refractivity contribution < 1.29 is 14.3 Å². The minimum atomic E-state index is -0.586. The van der Waals surface area contributed by atoms with Crippen molar-refractivity contribution in [3.8, 4) is 0 Å². The quantitative estimate of drug-likeness (QED) is 0.284. The van der Waals surface area contributed by atoms with Gasteiger partial charge < -0.3 is 4.74 Å². The summed E-state index contributed by atoms with van der Waals surface area (Å²) in [6.45, 7) is 5.57. The number of halogens is 1. The summed E-state index contributed by atoms with van der Waals surface area (Å²) in [4.78, 5) is 23.4. The van der Waals surface area contributed by atoms with Gasteiger partial charge in [0.1, 0.15) is 6.61 Å². The van der Waals surface area contributed by atoms with Crippen molar-refractivity contribution in [2.45, 2.75) is 27.2 Å². The van der Waals surface area contributed by atoms with Gasteiger partial charge in [-0.05, 0) is 26.3 Å². The maximum absolute atomic E-state index is 12.7. The lowest BCUT2D eigenvalue weighted by molar-refractivity contribution is -0.139. The molecule has 1 aromatic rings. The number of ether oxygens (including phenoxy) is 1. The predicted octanol–water partition coefficient (Wildman–Crippen LogP) is 4.73. The highest BCUT2D eigenvalue weighted by molar-refractivity contribution is 9.09. The van der Waals surface area contributed by atoms with E-state index in [1.165, 1.54) is 6.92 Å². The van der Waals surface area contributed by atoms with Crippen molar-refractivity contribution in [3.05, 3.63) is 59.7 Å². The molecule has 0 aromatic heterocycles. The third kappa shape index (κ3) is 6.53. The zero-order valence-electron chi connectivity index (χ0n) is 13.8. The molecule has 4 heteroatoms. The zero-order valence-corrected chi connectivity index (χ0v) is 15.4. The smallest absolute Gasteiger partial charge is 0.302 e. The average Bonchev–Trinajstić information content (AvgIpc) is 2.54. The van der Waals surface area contributed by atoms with Crippen molar-refractivity contribution in [2.75, 3.05) is 11.9 Å². The van der Waals surface area contributed by atoms with Gasteiger partial charge in [0.05, 0.1) is 5.41 Å². The van der Waals surface area contributed by atoms with E-state index >= 15 is 0 Å². The molecule has 0 saturated heterocycles. The maximum Gasteiger partial charge on any atom is 0.302 e. The molecular formula is C19H23BrO3. The van der Waals surface area contributed by atoms with Crippen LogP contribution in [0.25, 0.3) is 0 Å². The lowest BCUT2D eigenvalue weighted by atomic mass is 9.83. The van der Waals surface area contributed by atoms with E-state index in [1.807, 2.05) is 62.4 Å². The molecule has 0 aliphatic rings. The lowest BCUT2D eigenvalue weighted by Crippen LogP contribution is -2.27. The minimum Gasteiger partial charge on any atom is -0.462 e. The van der Waals surface area contributed by atoms with E-state index in [0.29, 0.717) is 17.3 Å². The Morgan fingerprint density at radius 1 is 1.22 bits per heavy atom. The van der Waals surface area contributed by atoms with Crippen LogP contribution in [0, 0.1) is 5.41 Å². The maximum atomic E-state index is 12.7. The standard InChI is InChI=1S/C19H23BrO3/c1-15(11-13-23-16(2)21)8-7-12-19(3,14-20)18(22)17-9-5-4-6-10-17/h4-7,9-12H,8,13-14H2,1-3H3. The summed E-state index contributed by atoms with van der Waals surface area (Å²) in [5.41, 5.74) is 1.21. The topological polar surface area (TPSA) is 43.4 Å². The van der Waals surface area contributed by atoms with Crippen LogP contribution in [-0.2, 0) is 9.53 Å². The number of esters is 1. The largest absolute Gasteiger partial charge is 0.462 e. The second-order valence-corrected chi connectivity index (χ2v) is 6.27. The summed E-state index contributed by atoms with van der Waals surface area (Å²) in [5, 5.41) is 0.556. The van der Waals surface area contributed by atoms with E-state index in [1.54, 1.807) is 0 Å². The molecule has 3 nitrogen and oxygen atoms in total. The number of hydrogen-bond acceptors (Lipinski definition) is 3. The van der Waals surface area contributed by atoms with E-state index in [0.717, 1.165) is 5.57 Å². The van der Waals surface area contributed by atoms with Crippen LogP contribution in [0.4, 0.5) is 0 Å². The van der Waals surface area contributed by atoms with Crippen molar-refractivity contribution in [2.24, 2.45) is 5.41 Å². The number of rotatable bonds is 8. The van der Waals surface area contributed by atoms with E-state index in [9.17, 15) is 9.59 Å². The molecule has 0 N–H and O–H groups in total. The Bertz CT molecular complexity index is 590. The molecule has 0 saturated carbocycles. The molecule has 124 valence electrons. The van der Waals surface area contributed by atoms with Crippen LogP contribution in [0.15, 0.2) is 54.1 Å². The summed E-state index contributed by atoms with van der Waals surface area (Å²) >= 11 is 3.45. The fraction of sp³-hybridized carbons (Fsp3) is 0.368. The summed E-state index contributed by atoms with van der Waals surface area (Å²) in [5.74, 6) is -0.197. The van der Waals surface area contributed by atoms with Crippen LogP contribution in [0.3, 0.4) is 0 Å². The molecule has 0 fully saturated rings. The number of carbonyl (C=O) groups is 2. The normalized spacial score (nSPS) is 14.5. The Labute approximate surface area is 146 Å². The number of carbonyl (C=O) groups excluding carboxylic acids is 2. The Hall–Kier alpha value is -1.68. The van der Waals surface area contributed by atoms with Gasteiger partial charge in [0.25, 0.3) is 0 Å². The second kappa shape index (κ2) is 9.46. The summed E-state index contributed by atoms with van der Waals surface area (Å²) < 4.78 is 4.88. The molecular weight excluding hydrogens is 356 g/mol. The molecule has 23 heavy (non-hydrogen) atoms. The third-order valence-electron chi connectivity index (χ3n) is 3.48. The van der Waals surface area contributed by atoms with E-state index < -0.39 is 5.41 Å². The molecule has 0 spiro atoms. The van der Waals surface area contributed by atoms with Gasteiger partial charge in [-0.25, -0.2) is 0 Å². The molecule has 0 heterocycles. The monoisotopic (exact) mass is 378 g/mol. The van der Waals surface area contributed by atoms with Crippen LogP contribution in [0.2, 0.25) is 0 Å². The SMILES string of the molecule is CC(=O)OCC=C(C)CC=CC(C)(CBr)C(=O)c1ccccc1. The first-order valence-electron chi connectivity index (χ1n) is 7.51. The van der Waals surface area contributed by atoms with Gasteiger partial charge in [0.15, 0.2) is 5.78 Å². The van der Waals surface area contributed by atoms with Gasteiger partial charge in [-0.2, -0.15) is 0 Å². The molecule has 1 rings (SSSR count). The van der Waals surface area contributed by atoms with Crippen LogP contribution in [-0.4, -0.2) is 23.7 Å². The number of benzene rings is 1. The van der Waals surface area contributed by atoms with Crippen molar-refractivity contribution in [3.63, 3.8) is 0 Å². The van der Waals surface area contributed by atoms with Crippen molar-refractivity contribution in [1.82, 2.24) is 0 Å². The average molecular weight is 379 g/mol. The molecule has 0 aliphatic heterocycles. The third-order valence-corrected chi connectivity index (χ3v) is 4.64. The highest BCUT2D eigenvalue weighted by atomic mass is 79.9. The van der Waals surface area contributed by atoms with Gasteiger partial charge in [-0.3, -0.25) is 9.59 Å².